The van der Waals surface area contributed by atoms with Gasteiger partial charge in [-0.15, -0.1) is 0 Å². The topological polar surface area (TPSA) is 71.0 Å². The van der Waals surface area contributed by atoms with E-state index in [0.717, 1.165) is 49.1 Å². The molecule has 0 bridgehead atoms. The van der Waals surface area contributed by atoms with E-state index in [-0.39, 0.29) is 11.9 Å². The number of carbonyl (C=O) groups is 1. The van der Waals surface area contributed by atoms with Crippen molar-refractivity contribution in [1.82, 2.24) is 20.3 Å². The fraction of sp³-hybridized carbons (Fsp3) is 0.444. The summed E-state index contributed by atoms with van der Waals surface area (Å²) in [5.41, 5.74) is 1.05. The summed E-state index contributed by atoms with van der Waals surface area (Å²) in [6, 6.07) is 7.90. The lowest BCUT2D eigenvalue weighted by Gasteiger charge is -2.33. The summed E-state index contributed by atoms with van der Waals surface area (Å²) in [6.07, 6.45) is 7.89. The first-order chi connectivity index (χ1) is 12.3. The number of pyridine rings is 1. The first-order valence-electron chi connectivity index (χ1n) is 8.60. The molecule has 1 amide bonds. The van der Waals surface area contributed by atoms with Gasteiger partial charge in [-0.1, -0.05) is 6.07 Å². The highest BCUT2D eigenvalue weighted by Gasteiger charge is 2.22. The third-order valence-electron chi connectivity index (χ3n) is 4.07. The molecule has 0 aliphatic carbocycles. The van der Waals surface area contributed by atoms with Crippen molar-refractivity contribution in [3.05, 3.63) is 48.5 Å². The van der Waals surface area contributed by atoms with Crippen LogP contribution in [0, 0.1) is 0 Å². The van der Waals surface area contributed by atoms with E-state index in [9.17, 15) is 4.79 Å². The maximum absolute atomic E-state index is 12.2. The standard InChI is InChI=1S/C18H23N5OS/c24-17(7-12-25-14-16-5-1-2-8-19-16)22-15-6-3-11-23(13-15)18-20-9-4-10-21-18/h1-2,4-5,8-10,15H,3,6-7,11-14H2,(H,22,24). The molecule has 0 saturated carbocycles. The monoisotopic (exact) mass is 357 g/mol. The van der Waals surface area contributed by atoms with Crippen molar-refractivity contribution in [2.75, 3.05) is 23.7 Å². The van der Waals surface area contributed by atoms with E-state index < -0.39 is 0 Å². The molecule has 1 aliphatic rings. The molecule has 25 heavy (non-hydrogen) atoms. The zero-order chi connectivity index (χ0) is 17.3. The highest BCUT2D eigenvalue weighted by molar-refractivity contribution is 7.98. The van der Waals surface area contributed by atoms with Crippen LogP contribution in [0.2, 0.25) is 0 Å². The van der Waals surface area contributed by atoms with E-state index in [2.05, 4.69) is 25.2 Å². The van der Waals surface area contributed by atoms with Crippen LogP contribution in [0.1, 0.15) is 25.0 Å². The van der Waals surface area contributed by atoms with Crippen molar-refractivity contribution in [3.63, 3.8) is 0 Å². The summed E-state index contributed by atoms with van der Waals surface area (Å²) in [5.74, 6) is 2.51. The zero-order valence-corrected chi connectivity index (χ0v) is 15.0. The van der Waals surface area contributed by atoms with Gasteiger partial charge in [0.15, 0.2) is 0 Å². The van der Waals surface area contributed by atoms with Gasteiger partial charge in [-0.05, 0) is 31.0 Å². The SMILES string of the molecule is O=C(CCSCc1ccccn1)NC1CCCN(c2ncccn2)C1. The maximum atomic E-state index is 12.2. The molecule has 2 aromatic heterocycles. The van der Waals surface area contributed by atoms with Crippen molar-refractivity contribution in [2.45, 2.75) is 31.1 Å². The Morgan fingerprint density at radius 2 is 2.04 bits per heavy atom. The van der Waals surface area contributed by atoms with E-state index in [1.54, 1.807) is 30.4 Å². The van der Waals surface area contributed by atoms with Gasteiger partial charge in [-0.2, -0.15) is 11.8 Å². The van der Waals surface area contributed by atoms with Crippen LogP contribution in [0.25, 0.3) is 0 Å². The Kier molecular flexibility index (Phi) is 6.62. The average Bonchev–Trinajstić information content (AvgIpc) is 2.67. The van der Waals surface area contributed by atoms with Crippen LogP contribution >= 0.6 is 11.8 Å². The molecular formula is C18H23N5OS. The number of hydrogen-bond acceptors (Lipinski definition) is 6. The third-order valence-corrected chi connectivity index (χ3v) is 5.06. The predicted octanol–water partition coefficient (Wildman–Crippen LogP) is 2.28. The van der Waals surface area contributed by atoms with Gasteiger partial charge in [0.05, 0.1) is 5.69 Å². The number of thioether (sulfide) groups is 1. The van der Waals surface area contributed by atoms with Gasteiger partial charge in [0, 0.05) is 55.6 Å². The number of anilines is 1. The molecule has 1 atom stereocenters. The molecule has 1 saturated heterocycles. The Morgan fingerprint density at radius 3 is 2.84 bits per heavy atom. The van der Waals surface area contributed by atoms with Gasteiger partial charge in [-0.3, -0.25) is 9.78 Å². The predicted molar refractivity (Wildman–Crippen MR) is 100 cm³/mol. The van der Waals surface area contributed by atoms with Gasteiger partial charge in [0.2, 0.25) is 11.9 Å². The summed E-state index contributed by atoms with van der Waals surface area (Å²) in [5, 5.41) is 3.15. The molecule has 1 unspecified atom stereocenters. The molecule has 3 rings (SSSR count). The molecule has 6 nitrogen and oxygen atoms in total. The highest BCUT2D eigenvalue weighted by atomic mass is 32.2. The first kappa shape index (κ1) is 17.7. The van der Waals surface area contributed by atoms with Crippen LogP contribution in [0.15, 0.2) is 42.9 Å². The Bertz CT molecular complexity index is 655. The van der Waals surface area contributed by atoms with E-state index >= 15 is 0 Å². The number of nitrogens with zero attached hydrogens (tertiary/aromatic N) is 4. The Morgan fingerprint density at radius 1 is 1.20 bits per heavy atom. The van der Waals surface area contributed by atoms with Crippen LogP contribution < -0.4 is 10.2 Å². The van der Waals surface area contributed by atoms with Crippen molar-refractivity contribution in [2.24, 2.45) is 0 Å². The van der Waals surface area contributed by atoms with Crippen LogP contribution in [-0.4, -0.2) is 45.7 Å². The Hall–Kier alpha value is -2.15. The molecular weight excluding hydrogens is 334 g/mol. The summed E-state index contributed by atoms with van der Waals surface area (Å²) in [6.45, 7) is 1.72. The maximum Gasteiger partial charge on any atom is 0.225 e. The molecule has 0 spiro atoms. The van der Waals surface area contributed by atoms with Gasteiger partial charge < -0.3 is 10.2 Å². The second kappa shape index (κ2) is 9.36. The lowest BCUT2D eigenvalue weighted by molar-refractivity contribution is -0.121. The Balaban J connectivity index is 1.37. The quantitative estimate of drug-likeness (QED) is 0.767. The normalized spacial score (nSPS) is 17.3. The molecule has 2 aromatic rings. The van der Waals surface area contributed by atoms with Crippen LogP contribution in [0.4, 0.5) is 5.95 Å². The summed E-state index contributed by atoms with van der Waals surface area (Å²) < 4.78 is 0. The summed E-state index contributed by atoms with van der Waals surface area (Å²) >= 11 is 1.74. The molecule has 132 valence electrons. The lowest BCUT2D eigenvalue weighted by Crippen LogP contribution is -2.48. The minimum atomic E-state index is 0.120. The molecule has 7 heteroatoms. The van der Waals surface area contributed by atoms with Crippen molar-refractivity contribution < 1.29 is 4.79 Å². The van der Waals surface area contributed by atoms with Crippen LogP contribution in [0.5, 0.6) is 0 Å². The smallest absolute Gasteiger partial charge is 0.225 e. The number of rotatable bonds is 7. The summed E-state index contributed by atoms with van der Waals surface area (Å²) in [4.78, 5) is 27.2. The second-order valence-electron chi connectivity index (χ2n) is 6.03. The molecule has 0 radical (unpaired) electrons. The van der Waals surface area contributed by atoms with Gasteiger partial charge >= 0.3 is 0 Å². The minimum Gasteiger partial charge on any atom is -0.352 e. The molecule has 1 fully saturated rings. The van der Waals surface area contributed by atoms with E-state index in [0.29, 0.717) is 6.42 Å². The van der Waals surface area contributed by atoms with Crippen molar-refractivity contribution >= 4 is 23.6 Å². The van der Waals surface area contributed by atoms with E-state index in [1.807, 2.05) is 24.3 Å². The van der Waals surface area contributed by atoms with E-state index in [1.165, 1.54) is 0 Å². The number of amides is 1. The number of hydrogen-bond donors (Lipinski definition) is 1. The molecule has 1 aliphatic heterocycles. The van der Waals surface area contributed by atoms with Crippen LogP contribution in [-0.2, 0) is 10.5 Å². The average molecular weight is 357 g/mol. The van der Waals surface area contributed by atoms with E-state index in [4.69, 9.17) is 0 Å². The number of piperidine rings is 1. The fourth-order valence-electron chi connectivity index (χ4n) is 2.86. The summed E-state index contributed by atoms with van der Waals surface area (Å²) in [7, 11) is 0. The minimum absolute atomic E-state index is 0.120. The molecule has 3 heterocycles. The highest BCUT2D eigenvalue weighted by Crippen LogP contribution is 2.16. The third kappa shape index (κ3) is 5.70. The first-order valence-corrected chi connectivity index (χ1v) is 9.76. The fourth-order valence-corrected chi connectivity index (χ4v) is 3.71. The number of nitrogens with one attached hydrogen (secondary N) is 1. The molecule has 0 aromatic carbocycles. The lowest BCUT2D eigenvalue weighted by atomic mass is 10.1. The second-order valence-corrected chi connectivity index (χ2v) is 7.13. The van der Waals surface area contributed by atoms with Crippen molar-refractivity contribution in [3.8, 4) is 0 Å². The van der Waals surface area contributed by atoms with Gasteiger partial charge in [0.25, 0.3) is 0 Å². The van der Waals surface area contributed by atoms with Crippen molar-refractivity contribution in [1.29, 1.82) is 0 Å². The number of carbonyl (C=O) groups excluding carboxylic acids is 1. The number of aromatic nitrogens is 3. The van der Waals surface area contributed by atoms with Gasteiger partial charge in [-0.25, -0.2) is 9.97 Å². The Labute approximate surface area is 152 Å². The van der Waals surface area contributed by atoms with Crippen LogP contribution in [0.3, 0.4) is 0 Å². The van der Waals surface area contributed by atoms with Gasteiger partial charge in [0.1, 0.15) is 0 Å². The largest absolute Gasteiger partial charge is 0.352 e. The molecule has 1 N–H and O–H groups in total. The zero-order valence-electron chi connectivity index (χ0n) is 14.2.